The Balaban J connectivity index is 6.06. The zero-order valence-electron chi connectivity index (χ0n) is 23.1. The molecule has 6 nitrogen and oxygen atoms in total. The summed E-state index contributed by atoms with van der Waals surface area (Å²) in [6.07, 6.45) is 6.00. The van der Waals surface area contributed by atoms with Gasteiger partial charge in [-0.05, 0) is 44.4 Å². The summed E-state index contributed by atoms with van der Waals surface area (Å²) >= 11 is 0. The van der Waals surface area contributed by atoms with E-state index in [4.69, 9.17) is 4.74 Å². The van der Waals surface area contributed by atoms with Crippen molar-refractivity contribution in [2.24, 2.45) is 16.7 Å². The molecule has 192 valence electrons. The maximum Gasteiger partial charge on any atom is 0.333 e. The second-order valence-electron chi connectivity index (χ2n) is 10.7. The first-order valence-electron chi connectivity index (χ1n) is 12.6. The van der Waals surface area contributed by atoms with Gasteiger partial charge in [-0.2, -0.15) is 0 Å². The molecule has 0 aliphatic carbocycles. The predicted molar refractivity (Wildman–Crippen MR) is 136 cm³/mol. The number of hydrogen-bond donors (Lipinski definition) is 1. The van der Waals surface area contributed by atoms with Gasteiger partial charge in [-0.25, -0.2) is 4.79 Å². The summed E-state index contributed by atoms with van der Waals surface area (Å²) in [5, 5.41) is 3.15. The molecule has 0 aliphatic heterocycles. The van der Waals surface area contributed by atoms with Crippen LogP contribution in [0.1, 0.15) is 101 Å². The van der Waals surface area contributed by atoms with Crippen molar-refractivity contribution in [2.45, 2.75) is 113 Å². The van der Waals surface area contributed by atoms with Crippen LogP contribution in [-0.4, -0.2) is 48.4 Å². The largest absolute Gasteiger partial charge is 0.463 e. The van der Waals surface area contributed by atoms with Gasteiger partial charge in [0.15, 0.2) is 0 Å². The second kappa shape index (κ2) is 13.8. The number of esters is 1. The lowest BCUT2D eigenvalue weighted by atomic mass is 9.75. The van der Waals surface area contributed by atoms with Gasteiger partial charge in [0.25, 0.3) is 0 Å². The number of likely N-dealkylation sites (N-methyl/N-ethyl adjacent to an activating group) is 1. The molecule has 0 spiro atoms. The van der Waals surface area contributed by atoms with E-state index < -0.39 is 16.9 Å². The molecule has 0 saturated heterocycles. The Kier molecular flexibility index (Phi) is 13.0. The summed E-state index contributed by atoms with van der Waals surface area (Å²) in [5.41, 5.74) is -0.452. The summed E-state index contributed by atoms with van der Waals surface area (Å²) in [6.45, 7) is 20.0. The fourth-order valence-electron chi connectivity index (χ4n) is 4.43. The van der Waals surface area contributed by atoms with Crippen molar-refractivity contribution in [1.82, 2.24) is 10.2 Å². The van der Waals surface area contributed by atoms with Crippen LogP contribution in [0.5, 0.6) is 0 Å². The topological polar surface area (TPSA) is 75.7 Å². The van der Waals surface area contributed by atoms with Gasteiger partial charge in [-0.15, -0.1) is 0 Å². The van der Waals surface area contributed by atoms with Crippen LogP contribution in [-0.2, 0) is 19.1 Å². The number of ether oxygens (including phenoxy) is 1. The van der Waals surface area contributed by atoms with Gasteiger partial charge in [0.1, 0.15) is 6.04 Å². The third kappa shape index (κ3) is 8.78. The van der Waals surface area contributed by atoms with Gasteiger partial charge in [0.05, 0.1) is 12.6 Å². The minimum atomic E-state index is -0.674. The molecule has 2 amide bonds. The lowest BCUT2D eigenvalue weighted by molar-refractivity contribution is -0.143. The molecule has 33 heavy (non-hydrogen) atoms. The van der Waals surface area contributed by atoms with E-state index in [1.807, 2.05) is 34.6 Å². The van der Waals surface area contributed by atoms with Crippen LogP contribution in [0.2, 0.25) is 0 Å². The van der Waals surface area contributed by atoms with E-state index in [0.29, 0.717) is 12.2 Å². The van der Waals surface area contributed by atoms with Gasteiger partial charge in [-0.3, -0.25) is 9.59 Å². The second-order valence-corrected chi connectivity index (χ2v) is 10.7. The number of carbonyl (C=O) groups excluding carboxylic acids is 3. The summed E-state index contributed by atoms with van der Waals surface area (Å²) in [7, 11) is 1.75. The molecule has 0 bridgehead atoms. The zero-order chi connectivity index (χ0) is 26.0. The molecular formula is C27H50N2O4. The van der Waals surface area contributed by atoms with Crippen molar-refractivity contribution < 1.29 is 19.1 Å². The van der Waals surface area contributed by atoms with Crippen molar-refractivity contribution in [3.05, 3.63) is 11.6 Å². The molecule has 1 N–H and O–H groups in total. The number of carbonyl (C=O) groups is 3. The van der Waals surface area contributed by atoms with E-state index in [9.17, 15) is 14.4 Å². The van der Waals surface area contributed by atoms with Crippen LogP contribution in [0.15, 0.2) is 11.6 Å². The van der Waals surface area contributed by atoms with Crippen molar-refractivity contribution in [1.29, 1.82) is 0 Å². The first kappa shape index (κ1) is 31.1. The molecule has 0 aliphatic rings. The number of rotatable bonds is 13. The van der Waals surface area contributed by atoms with E-state index in [-0.39, 0.29) is 29.7 Å². The number of nitrogens with zero attached hydrogens (tertiary/aromatic N) is 1. The first-order valence-corrected chi connectivity index (χ1v) is 12.6. The smallest absolute Gasteiger partial charge is 0.333 e. The maximum atomic E-state index is 13.7. The minimum Gasteiger partial charge on any atom is -0.463 e. The fourth-order valence-corrected chi connectivity index (χ4v) is 4.43. The van der Waals surface area contributed by atoms with Crippen LogP contribution in [0, 0.1) is 16.7 Å². The molecule has 0 aromatic rings. The van der Waals surface area contributed by atoms with Crippen molar-refractivity contribution in [3.8, 4) is 0 Å². The quantitative estimate of drug-likeness (QED) is 0.287. The van der Waals surface area contributed by atoms with E-state index in [1.165, 1.54) is 0 Å². The molecule has 0 fully saturated rings. The maximum absolute atomic E-state index is 13.7. The molecule has 6 heteroatoms. The molecule has 0 rings (SSSR count). The third-order valence-electron chi connectivity index (χ3n) is 6.50. The number of hydrogen-bond acceptors (Lipinski definition) is 4. The van der Waals surface area contributed by atoms with Crippen LogP contribution in [0.25, 0.3) is 0 Å². The van der Waals surface area contributed by atoms with E-state index in [0.717, 1.165) is 32.1 Å². The average Bonchev–Trinajstić information content (AvgIpc) is 2.73. The molecule has 0 radical (unpaired) electrons. The Hall–Kier alpha value is -1.85. The molecule has 0 heterocycles. The minimum absolute atomic E-state index is 0.0327. The Morgan fingerprint density at radius 1 is 1.00 bits per heavy atom. The monoisotopic (exact) mass is 466 g/mol. The van der Waals surface area contributed by atoms with Gasteiger partial charge in [0.2, 0.25) is 11.8 Å². The van der Waals surface area contributed by atoms with Crippen molar-refractivity contribution >= 4 is 17.8 Å². The SMILES string of the molecule is CCCC(CC)(CCC)C(=O)N[C@H](C(=O)N(C)[C@H](/C=C(\C)C(=O)OCC)C(C)C)C(C)(C)C. The molecular weight excluding hydrogens is 416 g/mol. The molecule has 0 saturated carbocycles. The number of amides is 2. The molecule has 0 aromatic heterocycles. The van der Waals surface area contributed by atoms with E-state index in [2.05, 4.69) is 26.1 Å². The van der Waals surface area contributed by atoms with Gasteiger partial charge in [0, 0.05) is 18.0 Å². The van der Waals surface area contributed by atoms with Crippen LogP contribution in [0.4, 0.5) is 0 Å². The zero-order valence-corrected chi connectivity index (χ0v) is 23.1. The van der Waals surface area contributed by atoms with Gasteiger partial charge >= 0.3 is 5.97 Å². The number of nitrogens with one attached hydrogen (secondary N) is 1. The average molecular weight is 467 g/mol. The van der Waals surface area contributed by atoms with E-state index >= 15 is 0 Å². The van der Waals surface area contributed by atoms with E-state index in [1.54, 1.807) is 31.9 Å². The molecule has 0 aromatic carbocycles. The first-order chi connectivity index (χ1) is 15.2. The van der Waals surface area contributed by atoms with Gasteiger partial charge in [-0.1, -0.05) is 74.3 Å². The summed E-state index contributed by atoms with van der Waals surface area (Å²) < 4.78 is 5.11. The normalized spacial score (nSPS) is 14.6. The van der Waals surface area contributed by atoms with Crippen LogP contribution >= 0.6 is 0 Å². The predicted octanol–water partition coefficient (Wildman–Crippen LogP) is 5.51. The molecule has 0 unspecified atom stereocenters. The Morgan fingerprint density at radius 2 is 1.52 bits per heavy atom. The summed E-state index contributed by atoms with van der Waals surface area (Å²) in [6, 6.07) is -0.974. The van der Waals surface area contributed by atoms with Crippen LogP contribution in [0.3, 0.4) is 0 Å². The fraction of sp³-hybridized carbons (Fsp3) is 0.815. The third-order valence-corrected chi connectivity index (χ3v) is 6.50. The highest BCUT2D eigenvalue weighted by Gasteiger charge is 2.42. The van der Waals surface area contributed by atoms with Crippen LogP contribution < -0.4 is 5.32 Å². The molecule has 2 atom stereocenters. The Morgan fingerprint density at radius 3 is 1.88 bits per heavy atom. The van der Waals surface area contributed by atoms with Crippen molar-refractivity contribution in [2.75, 3.05) is 13.7 Å². The lowest BCUT2D eigenvalue weighted by Crippen LogP contribution is -2.58. The Bertz CT molecular complexity index is 670. The summed E-state index contributed by atoms with van der Waals surface area (Å²) in [4.78, 5) is 41.1. The highest BCUT2D eigenvalue weighted by atomic mass is 16.5. The van der Waals surface area contributed by atoms with Gasteiger partial charge < -0.3 is 15.0 Å². The lowest BCUT2D eigenvalue weighted by Gasteiger charge is -2.40. The highest BCUT2D eigenvalue weighted by molar-refractivity contribution is 5.91. The summed E-state index contributed by atoms with van der Waals surface area (Å²) in [5.74, 6) is -0.485. The standard InChI is InChI=1S/C27H50N2O4/c1-12-16-27(14-3,17-13-2)25(32)28-22(26(8,9)10)23(30)29(11)21(19(5)6)18-20(7)24(31)33-15-4/h18-19,21-22H,12-17H2,1-11H3,(H,28,32)/b20-18+/t21-,22-/m1/s1. The Labute approximate surface area is 202 Å². The highest BCUT2D eigenvalue weighted by Crippen LogP contribution is 2.35. The van der Waals surface area contributed by atoms with Crippen molar-refractivity contribution in [3.63, 3.8) is 0 Å².